The molecule has 0 aromatic heterocycles. The third-order valence-electron chi connectivity index (χ3n) is 3.12. The van der Waals surface area contributed by atoms with Crippen molar-refractivity contribution in [3.63, 3.8) is 0 Å². The van der Waals surface area contributed by atoms with Crippen molar-refractivity contribution in [3.05, 3.63) is 65.5 Å². The molecule has 2 aromatic rings. The lowest BCUT2D eigenvalue weighted by molar-refractivity contribution is 0.104. The maximum absolute atomic E-state index is 12.8. The maximum atomic E-state index is 12.8. The van der Waals surface area contributed by atoms with E-state index < -0.39 is 0 Å². The van der Waals surface area contributed by atoms with E-state index in [0.717, 1.165) is 5.56 Å². The Kier molecular flexibility index (Phi) is 3.69. The van der Waals surface area contributed by atoms with Gasteiger partial charge in [-0.15, -0.1) is 0 Å². The molecule has 2 aromatic carbocycles. The molecule has 1 aliphatic heterocycles. The fraction of sp³-hybridized carbons (Fsp3) is 0.118. The number of carbonyl (C=O) groups excluding carboxylic acids is 1. The molecular weight excluding hydrogens is 271 g/mol. The number of carbonyl (C=O) groups is 1. The first-order valence-corrected chi connectivity index (χ1v) is 6.60. The Hall–Kier alpha value is -2.62. The lowest BCUT2D eigenvalue weighted by atomic mass is 10.1. The van der Waals surface area contributed by atoms with E-state index in [1.807, 2.05) is 18.2 Å². The molecule has 0 saturated heterocycles. The summed E-state index contributed by atoms with van der Waals surface area (Å²) in [7, 11) is 0. The van der Waals surface area contributed by atoms with E-state index in [1.165, 1.54) is 30.3 Å². The van der Waals surface area contributed by atoms with Gasteiger partial charge in [0, 0.05) is 5.56 Å². The molecule has 0 bridgehead atoms. The lowest BCUT2D eigenvalue weighted by Crippen LogP contribution is -2.15. The zero-order valence-corrected chi connectivity index (χ0v) is 11.2. The highest BCUT2D eigenvalue weighted by molar-refractivity contribution is 6.06. The summed E-state index contributed by atoms with van der Waals surface area (Å²) in [4.78, 5) is 12.0. The van der Waals surface area contributed by atoms with E-state index in [2.05, 4.69) is 0 Å². The summed E-state index contributed by atoms with van der Waals surface area (Å²) in [5, 5.41) is 0. The molecule has 106 valence electrons. The van der Waals surface area contributed by atoms with Gasteiger partial charge in [0.25, 0.3) is 0 Å². The number of halogens is 1. The number of fused-ring (bicyclic) bond motifs is 1. The predicted octanol–water partition coefficient (Wildman–Crippen LogP) is 3.49. The Morgan fingerprint density at radius 1 is 1.00 bits per heavy atom. The van der Waals surface area contributed by atoms with Gasteiger partial charge in [0.05, 0.1) is 0 Å². The molecule has 0 spiro atoms. The van der Waals surface area contributed by atoms with Crippen LogP contribution < -0.4 is 9.47 Å². The van der Waals surface area contributed by atoms with Crippen LogP contribution >= 0.6 is 0 Å². The van der Waals surface area contributed by atoms with Gasteiger partial charge in [0.15, 0.2) is 17.3 Å². The summed E-state index contributed by atoms with van der Waals surface area (Å²) in [6.45, 7) is 1.07. The third kappa shape index (κ3) is 3.11. The van der Waals surface area contributed by atoms with Crippen LogP contribution in [0.25, 0.3) is 6.08 Å². The van der Waals surface area contributed by atoms with Crippen LogP contribution in [0.1, 0.15) is 15.9 Å². The first kappa shape index (κ1) is 13.4. The van der Waals surface area contributed by atoms with E-state index in [4.69, 9.17) is 9.47 Å². The SMILES string of the molecule is O=C(C=Cc1ccc2c(c1)OCCO2)c1ccc(F)cc1. The second-order valence-corrected chi connectivity index (χ2v) is 4.61. The van der Waals surface area contributed by atoms with Gasteiger partial charge in [-0.2, -0.15) is 0 Å². The molecule has 3 rings (SSSR count). The van der Waals surface area contributed by atoms with Gasteiger partial charge >= 0.3 is 0 Å². The first-order valence-electron chi connectivity index (χ1n) is 6.60. The molecule has 0 unspecified atom stereocenters. The van der Waals surface area contributed by atoms with Crippen molar-refractivity contribution in [3.8, 4) is 11.5 Å². The Labute approximate surface area is 121 Å². The standard InChI is InChI=1S/C17H13FO3/c18-14-5-3-13(4-6-14)15(19)7-1-12-2-8-16-17(11-12)21-10-9-20-16/h1-8,11H,9-10H2. The zero-order valence-electron chi connectivity index (χ0n) is 11.2. The van der Waals surface area contributed by atoms with Crippen molar-refractivity contribution in [1.29, 1.82) is 0 Å². The third-order valence-corrected chi connectivity index (χ3v) is 3.12. The molecular formula is C17H13FO3. The lowest BCUT2D eigenvalue weighted by Gasteiger charge is -2.18. The molecule has 1 heterocycles. The second kappa shape index (κ2) is 5.79. The number of allylic oxidation sites excluding steroid dienone is 1. The summed E-state index contributed by atoms with van der Waals surface area (Å²) in [6.07, 6.45) is 3.16. The number of rotatable bonds is 3. The average molecular weight is 284 g/mol. The fourth-order valence-corrected chi connectivity index (χ4v) is 2.05. The highest BCUT2D eigenvalue weighted by atomic mass is 19.1. The minimum absolute atomic E-state index is 0.176. The summed E-state index contributed by atoms with van der Waals surface area (Å²) < 4.78 is 23.7. The highest BCUT2D eigenvalue weighted by Crippen LogP contribution is 2.31. The van der Waals surface area contributed by atoms with Crippen LogP contribution in [0, 0.1) is 5.82 Å². The zero-order chi connectivity index (χ0) is 14.7. The molecule has 4 heteroatoms. The molecule has 0 saturated carbocycles. The molecule has 0 amide bonds. The van der Waals surface area contributed by atoms with E-state index in [0.29, 0.717) is 30.3 Å². The van der Waals surface area contributed by atoms with Gasteiger partial charge in [0.1, 0.15) is 19.0 Å². The quantitative estimate of drug-likeness (QED) is 0.639. The van der Waals surface area contributed by atoms with Gasteiger partial charge in [-0.1, -0.05) is 12.1 Å². The molecule has 0 N–H and O–H groups in total. The van der Waals surface area contributed by atoms with E-state index in [-0.39, 0.29) is 11.6 Å². The summed E-state index contributed by atoms with van der Waals surface area (Å²) in [6, 6.07) is 11.0. The van der Waals surface area contributed by atoms with Crippen LogP contribution in [-0.2, 0) is 0 Å². The Morgan fingerprint density at radius 2 is 1.71 bits per heavy atom. The molecule has 0 fully saturated rings. The number of ether oxygens (including phenoxy) is 2. The number of hydrogen-bond acceptors (Lipinski definition) is 3. The van der Waals surface area contributed by atoms with Crippen LogP contribution in [0.5, 0.6) is 11.5 Å². The maximum Gasteiger partial charge on any atom is 0.185 e. The van der Waals surface area contributed by atoms with E-state index in [9.17, 15) is 9.18 Å². The van der Waals surface area contributed by atoms with Crippen molar-refractivity contribution < 1.29 is 18.7 Å². The van der Waals surface area contributed by atoms with E-state index in [1.54, 1.807) is 6.08 Å². The van der Waals surface area contributed by atoms with Gasteiger partial charge in [-0.05, 0) is 48.0 Å². The van der Waals surface area contributed by atoms with Crippen LogP contribution in [0.15, 0.2) is 48.5 Å². The monoisotopic (exact) mass is 284 g/mol. The predicted molar refractivity (Wildman–Crippen MR) is 77.2 cm³/mol. The minimum Gasteiger partial charge on any atom is -0.486 e. The minimum atomic E-state index is -0.359. The summed E-state index contributed by atoms with van der Waals surface area (Å²) >= 11 is 0. The summed E-state index contributed by atoms with van der Waals surface area (Å²) in [5.74, 6) is 0.855. The van der Waals surface area contributed by atoms with Crippen molar-refractivity contribution in [1.82, 2.24) is 0 Å². The van der Waals surface area contributed by atoms with E-state index >= 15 is 0 Å². The summed E-state index contributed by atoms with van der Waals surface area (Å²) in [5.41, 5.74) is 1.29. The van der Waals surface area contributed by atoms with Crippen LogP contribution in [0.3, 0.4) is 0 Å². The fourth-order valence-electron chi connectivity index (χ4n) is 2.05. The molecule has 0 radical (unpaired) electrons. The van der Waals surface area contributed by atoms with Crippen molar-refractivity contribution >= 4 is 11.9 Å². The number of benzene rings is 2. The van der Waals surface area contributed by atoms with Crippen LogP contribution in [0.4, 0.5) is 4.39 Å². The van der Waals surface area contributed by atoms with Crippen molar-refractivity contribution in [2.75, 3.05) is 13.2 Å². The van der Waals surface area contributed by atoms with Crippen molar-refractivity contribution in [2.24, 2.45) is 0 Å². The second-order valence-electron chi connectivity index (χ2n) is 4.61. The Bertz CT molecular complexity index is 690. The normalized spacial score (nSPS) is 13.4. The Balaban J connectivity index is 1.76. The number of hydrogen-bond donors (Lipinski definition) is 0. The van der Waals surface area contributed by atoms with Crippen LogP contribution in [-0.4, -0.2) is 19.0 Å². The molecule has 3 nitrogen and oxygen atoms in total. The molecule has 1 aliphatic rings. The van der Waals surface area contributed by atoms with Gasteiger partial charge in [0.2, 0.25) is 0 Å². The largest absolute Gasteiger partial charge is 0.486 e. The smallest absolute Gasteiger partial charge is 0.185 e. The molecule has 21 heavy (non-hydrogen) atoms. The molecule has 0 atom stereocenters. The van der Waals surface area contributed by atoms with Crippen LogP contribution in [0.2, 0.25) is 0 Å². The van der Waals surface area contributed by atoms with Gasteiger partial charge in [-0.25, -0.2) is 4.39 Å². The topological polar surface area (TPSA) is 35.5 Å². The first-order chi connectivity index (χ1) is 10.2. The Morgan fingerprint density at radius 3 is 2.48 bits per heavy atom. The van der Waals surface area contributed by atoms with Gasteiger partial charge < -0.3 is 9.47 Å². The highest BCUT2D eigenvalue weighted by Gasteiger charge is 2.10. The number of ketones is 1. The van der Waals surface area contributed by atoms with Crippen molar-refractivity contribution in [2.45, 2.75) is 0 Å². The van der Waals surface area contributed by atoms with Gasteiger partial charge in [-0.3, -0.25) is 4.79 Å². The average Bonchev–Trinajstić information content (AvgIpc) is 2.53. The molecule has 0 aliphatic carbocycles.